The van der Waals surface area contributed by atoms with Crippen LogP contribution in [0, 0.1) is 0 Å². The summed E-state index contributed by atoms with van der Waals surface area (Å²) in [5.41, 5.74) is 9.22. The fourth-order valence-corrected chi connectivity index (χ4v) is 2.19. The van der Waals surface area contributed by atoms with E-state index < -0.39 is 0 Å². The van der Waals surface area contributed by atoms with Crippen molar-refractivity contribution < 1.29 is 0 Å². The number of aromatic nitrogens is 2. The van der Waals surface area contributed by atoms with E-state index in [1.165, 1.54) is 5.56 Å². The molecule has 2 heterocycles. The van der Waals surface area contributed by atoms with Gasteiger partial charge in [0.05, 0.1) is 6.04 Å². The van der Waals surface area contributed by atoms with Crippen LogP contribution >= 0.6 is 11.3 Å². The van der Waals surface area contributed by atoms with Crippen molar-refractivity contribution in [3.05, 3.63) is 28.5 Å². The Morgan fingerprint density at radius 2 is 2.12 bits per heavy atom. The van der Waals surface area contributed by atoms with E-state index >= 15 is 0 Å². The van der Waals surface area contributed by atoms with Gasteiger partial charge in [-0.05, 0) is 29.3 Å². The highest BCUT2D eigenvalue weighted by atomic mass is 32.1. The first-order chi connectivity index (χ1) is 8.19. The molecule has 0 saturated heterocycles. The molecule has 17 heavy (non-hydrogen) atoms. The number of nitrogens with one attached hydrogen (secondary N) is 2. The van der Waals surface area contributed by atoms with Crippen molar-refractivity contribution in [1.82, 2.24) is 9.97 Å². The van der Waals surface area contributed by atoms with Gasteiger partial charge in [-0.15, -0.1) is 0 Å². The maximum absolute atomic E-state index is 5.57. The van der Waals surface area contributed by atoms with Crippen molar-refractivity contribution in [1.29, 1.82) is 0 Å². The summed E-state index contributed by atoms with van der Waals surface area (Å²) in [5.74, 6) is 6.60. The molecule has 6 N–H and O–H groups in total. The van der Waals surface area contributed by atoms with Crippen molar-refractivity contribution >= 4 is 28.9 Å². The number of nitrogen functional groups attached to an aromatic ring is 2. The summed E-state index contributed by atoms with van der Waals surface area (Å²) < 4.78 is 0. The quantitative estimate of drug-likeness (QED) is 0.485. The lowest BCUT2D eigenvalue weighted by molar-refractivity contribution is 0.878. The number of hydrogen-bond acceptors (Lipinski definition) is 7. The predicted molar refractivity (Wildman–Crippen MR) is 70.6 cm³/mol. The van der Waals surface area contributed by atoms with E-state index in [9.17, 15) is 0 Å². The summed E-state index contributed by atoms with van der Waals surface area (Å²) in [6, 6.07) is 3.93. The Morgan fingerprint density at radius 1 is 1.35 bits per heavy atom. The summed E-state index contributed by atoms with van der Waals surface area (Å²) in [7, 11) is 0. The van der Waals surface area contributed by atoms with Gasteiger partial charge in [0.1, 0.15) is 11.6 Å². The van der Waals surface area contributed by atoms with Gasteiger partial charge in [0.15, 0.2) is 0 Å². The summed E-state index contributed by atoms with van der Waals surface area (Å²) >= 11 is 1.66. The highest BCUT2D eigenvalue weighted by molar-refractivity contribution is 7.07. The molecule has 1 unspecified atom stereocenters. The Bertz CT molecular complexity index is 484. The third-order valence-corrected chi connectivity index (χ3v) is 3.00. The van der Waals surface area contributed by atoms with Gasteiger partial charge >= 0.3 is 0 Å². The average molecular weight is 250 g/mol. The Hall–Kier alpha value is -1.86. The molecule has 6 nitrogen and oxygen atoms in total. The molecule has 0 aliphatic heterocycles. The van der Waals surface area contributed by atoms with E-state index in [4.69, 9.17) is 11.6 Å². The standard InChI is InChI=1S/C10H14N6S/c1-6(7-2-3-17-5-7)13-8-4-9(16-12)15-10(11)14-8/h2-6H,12H2,1H3,(H4,11,13,14,15,16). The monoisotopic (exact) mass is 250 g/mol. The summed E-state index contributed by atoms with van der Waals surface area (Å²) in [5, 5.41) is 7.36. The minimum atomic E-state index is 0.154. The smallest absolute Gasteiger partial charge is 0.223 e. The van der Waals surface area contributed by atoms with Crippen molar-refractivity contribution in [2.75, 3.05) is 16.5 Å². The molecule has 7 heteroatoms. The van der Waals surface area contributed by atoms with E-state index in [1.807, 2.05) is 5.38 Å². The van der Waals surface area contributed by atoms with Crippen LogP contribution in [0.4, 0.5) is 17.6 Å². The van der Waals surface area contributed by atoms with Gasteiger partial charge in [-0.3, -0.25) is 0 Å². The van der Waals surface area contributed by atoms with Crippen molar-refractivity contribution in [2.45, 2.75) is 13.0 Å². The molecule has 0 aliphatic rings. The molecule has 1 atom stereocenters. The molecule has 90 valence electrons. The first-order valence-electron chi connectivity index (χ1n) is 5.09. The number of hydrazine groups is 1. The zero-order valence-corrected chi connectivity index (χ0v) is 10.2. The van der Waals surface area contributed by atoms with Crippen LogP contribution in [0.1, 0.15) is 18.5 Å². The van der Waals surface area contributed by atoms with Crippen LogP contribution in [0.2, 0.25) is 0 Å². The average Bonchev–Trinajstić information content (AvgIpc) is 2.81. The van der Waals surface area contributed by atoms with E-state index in [-0.39, 0.29) is 12.0 Å². The van der Waals surface area contributed by atoms with E-state index in [2.05, 4.69) is 39.1 Å². The normalized spacial score (nSPS) is 12.1. The number of hydrogen-bond donors (Lipinski definition) is 4. The zero-order chi connectivity index (χ0) is 12.3. The molecule has 0 amide bonds. The van der Waals surface area contributed by atoms with Gasteiger partial charge in [-0.25, -0.2) is 5.84 Å². The van der Waals surface area contributed by atoms with Crippen LogP contribution < -0.4 is 22.3 Å². The third-order valence-electron chi connectivity index (χ3n) is 2.30. The molecule has 0 aromatic carbocycles. The highest BCUT2D eigenvalue weighted by Crippen LogP contribution is 2.21. The first kappa shape index (κ1) is 11.6. The fraction of sp³-hybridized carbons (Fsp3) is 0.200. The number of anilines is 3. The van der Waals surface area contributed by atoms with Crippen LogP contribution in [-0.2, 0) is 0 Å². The minimum absolute atomic E-state index is 0.154. The molecule has 0 spiro atoms. The maximum atomic E-state index is 5.57. The Labute approximate surface area is 103 Å². The molecule has 2 aromatic heterocycles. The molecule has 0 saturated carbocycles. The highest BCUT2D eigenvalue weighted by Gasteiger charge is 2.08. The Kier molecular flexibility index (Phi) is 3.40. The minimum Gasteiger partial charge on any atom is -0.368 e. The van der Waals surface area contributed by atoms with Crippen molar-refractivity contribution in [2.24, 2.45) is 5.84 Å². The molecule has 0 bridgehead atoms. The molecule has 0 fully saturated rings. The molecular formula is C10H14N6S. The van der Waals surface area contributed by atoms with Crippen molar-refractivity contribution in [3.8, 4) is 0 Å². The van der Waals surface area contributed by atoms with E-state index in [0.717, 1.165) is 0 Å². The first-order valence-corrected chi connectivity index (χ1v) is 6.03. The SMILES string of the molecule is CC(Nc1cc(NN)nc(N)n1)c1ccsc1. The summed E-state index contributed by atoms with van der Waals surface area (Å²) in [4.78, 5) is 8.01. The summed E-state index contributed by atoms with van der Waals surface area (Å²) in [6.45, 7) is 2.05. The summed E-state index contributed by atoms with van der Waals surface area (Å²) in [6.07, 6.45) is 0. The van der Waals surface area contributed by atoms with E-state index in [0.29, 0.717) is 11.6 Å². The second-order valence-electron chi connectivity index (χ2n) is 3.56. The Balaban J connectivity index is 2.15. The second-order valence-corrected chi connectivity index (χ2v) is 4.34. The van der Waals surface area contributed by atoms with Gasteiger partial charge in [0.2, 0.25) is 5.95 Å². The number of nitrogens with two attached hydrogens (primary N) is 2. The molecule has 0 radical (unpaired) electrons. The molecule has 2 aromatic rings. The van der Waals surface area contributed by atoms with E-state index in [1.54, 1.807) is 17.4 Å². The maximum Gasteiger partial charge on any atom is 0.223 e. The van der Waals surface area contributed by atoms with Crippen LogP contribution in [0.15, 0.2) is 22.9 Å². The topological polar surface area (TPSA) is 102 Å². The lowest BCUT2D eigenvalue weighted by Crippen LogP contribution is -2.13. The number of thiophene rings is 1. The van der Waals surface area contributed by atoms with Crippen LogP contribution in [0.3, 0.4) is 0 Å². The second kappa shape index (κ2) is 4.98. The lowest BCUT2D eigenvalue weighted by atomic mass is 10.2. The fourth-order valence-electron chi connectivity index (χ4n) is 1.44. The van der Waals surface area contributed by atoms with Gasteiger partial charge in [0.25, 0.3) is 0 Å². The Morgan fingerprint density at radius 3 is 2.76 bits per heavy atom. The van der Waals surface area contributed by atoms with Crippen LogP contribution in [-0.4, -0.2) is 9.97 Å². The predicted octanol–water partition coefficient (Wildman–Crippen LogP) is 1.58. The van der Waals surface area contributed by atoms with Gasteiger partial charge in [0, 0.05) is 6.07 Å². The lowest BCUT2D eigenvalue weighted by Gasteiger charge is -2.14. The van der Waals surface area contributed by atoms with Crippen molar-refractivity contribution in [3.63, 3.8) is 0 Å². The third kappa shape index (κ3) is 2.83. The number of rotatable bonds is 4. The zero-order valence-electron chi connectivity index (χ0n) is 9.34. The van der Waals surface area contributed by atoms with Gasteiger partial charge in [-0.2, -0.15) is 21.3 Å². The molecule has 0 aliphatic carbocycles. The van der Waals surface area contributed by atoms with Gasteiger partial charge < -0.3 is 16.5 Å². The number of nitrogens with zero attached hydrogens (tertiary/aromatic N) is 2. The van der Waals surface area contributed by atoms with Crippen LogP contribution in [0.25, 0.3) is 0 Å². The van der Waals surface area contributed by atoms with Crippen LogP contribution in [0.5, 0.6) is 0 Å². The molecular weight excluding hydrogens is 236 g/mol. The van der Waals surface area contributed by atoms with Gasteiger partial charge in [-0.1, -0.05) is 0 Å². The largest absolute Gasteiger partial charge is 0.368 e. The molecule has 2 rings (SSSR count).